The van der Waals surface area contributed by atoms with Gasteiger partial charge in [-0.3, -0.25) is 9.69 Å². The van der Waals surface area contributed by atoms with Crippen molar-refractivity contribution >= 4 is 5.97 Å². The highest BCUT2D eigenvalue weighted by atomic mass is 16.5. The van der Waals surface area contributed by atoms with Crippen molar-refractivity contribution in [1.29, 1.82) is 0 Å². The van der Waals surface area contributed by atoms with Crippen LogP contribution in [0.4, 0.5) is 0 Å². The number of nitrogens with zero attached hydrogens (tertiary/aromatic N) is 1. The fourth-order valence-corrected chi connectivity index (χ4v) is 2.24. The number of carboxylic acids is 1. The van der Waals surface area contributed by atoms with E-state index in [1.165, 1.54) is 0 Å². The maximum Gasteiger partial charge on any atom is 0.325 e. The van der Waals surface area contributed by atoms with Gasteiger partial charge >= 0.3 is 5.97 Å². The lowest BCUT2D eigenvalue weighted by Crippen LogP contribution is -2.35. The molecule has 0 fully saturated rings. The zero-order valence-electron chi connectivity index (χ0n) is 11.9. The van der Waals surface area contributed by atoms with E-state index >= 15 is 0 Å². The van der Waals surface area contributed by atoms with Gasteiger partial charge in [0.1, 0.15) is 11.8 Å². The van der Waals surface area contributed by atoms with E-state index < -0.39 is 12.0 Å². The molecule has 0 radical (unpaired) electrons. The molecule has 1 rings (SSSR count). The van der Waals surface area contributed by atoms with Crippen molar-refractivity contribution in [2.45, 2.75) is 32.7 Å². The summed E-state index contributed by atoms with van der Waals surface area (Å²) in [6, 6.07) is 6.69. The predicted molar refractivity (Wildman–Crippen MR) is 75.5 cm³/mol. The quantitative estimate of drug-likeness (QED) is 0.785. The van der Waals surface area contributed by atoms with Crippen molar-refractivity contribution in [3.8, 4) is 5.75 Å². The number of rotatable bonds is 8. The molecule has 1 N–H and O–H groups in total. The fraction of sp³-hybridized carbons (Fsp3) is 0.533. The van der Waals surface area contributed by atoms with Crippen molar-refractivity contribution < 1.29 is 14.6 Å². The van der Waals surface area contributed by atoms with Crippen LogP contribution < -0.4 is 4.74 Å². The summed E-state index contributed by atoms with van der Waals surface area (Å²) in [4.78, 5) is 13.6. The molecule has 0 aliphatic carbocycles. The summed E-state index contributed by atoms with van der Waals surface area (Å²) in [7, 11) is 1.60. The van der Waals surface area contributed by atoms with Gasteiger partial charge in [-0.15, -0.1) is 0 Å². The zero-order chi connectivity index (χ0) is 14.3. The second-order valence-electron chi connectivity index (χ2n) is 4.55. The first-order valence-corrected chi connectivity index (χ1v) is 6.74. The Labute approximate surface area is 115 Å². The second-order valence-corrected chi connectivity index (χ2v) is 4.55. The van der Waals surface area contributed by atoms with Crippen LogP contribution in [0.15, 0.2) is 24.3 Å². The van der Waals surface area contributed by atoms with Crippen LogP contribution in [-0.2, 0) is 4.79 Å². The molecule has 19 heavy (non-hydrogen) atoms. The third-order valence-electron chi connectivity index (χ3n) is 3.05. The number of ether oxygens (including phenoxy) is 1. The number of carbonyl (C=O) groups is 1. The first kappa shape index (κ1) is 15.5. The van der Waals surface area contributed by atoms with E-state index in [1.54, 1.807) is 19.2 Å². The first-order valence-electron chi connectivity index (χ1n) is 6.74. The summed E-state index contributed by atoms with van der Waals surface area (Å²) in [5.41, 5.74) is 0.801. The SMILES string of the molecule is CCCN(CCC)C(C(=O)O)c1ccc(OC)cc1. The van der Waals surface area contributed by atoms with Gasteiger partial charge in [-0.05, 0) is 43.6 Å². The zero-order valence-corrected chi connectivity index (χ0v) is 11.9. The summed E-state index contributed by atoms with van der Waals surface area (Å²) in [6.07, 6.45) is 1.89. The molecule has 1 aromatic carbocycles. The van der Waals surface area contributed by atoms with Gasteiger partial charge in [0.2, 0.25) is 0 Å². The van der Waals surface area contributed by atoms with Crippen LogP contribution in [0.25, 0.3) is 0 Å². The molecule has 0 aliphatic rings. The van der Waals surface area contributed by atoms with Crippen molar-refractivity contribution in [3.63, 3.8) is 0 Å². The third kappa shape index (κ3) is 4.24. The maximum absolute atomic E-state index is 11.6. The van der Waals surface area contributed by atoms with Crippen molar-refractivity contribution in [1.82, 2.24) is 4.90 Å². The molecule has 1 aromatic rings. The first-order chi connectivity index (χ1) is 9.13. The molecule has 0 heterocycles. The molecule has 1 unspecified atom stereocenters. The average molecular weight is 265 g/mol. The lowest BCUT2D eigenvalue weighted by atomic mass is 10.0. The highest BCUT2D eigenvalue weighted by Gasteiger charge is 2.26. The molecule has 1 atom stereocenters. The van der Waals surface area contributed by atoms with Gasteiger partial charge in [-0.25, -0.2) is 0 Å². The molecule has 4 nitrogen and oxygen atoms in total. The lowest BCUT2D eigenvalue weighted by molar-refractivity contribution is -0.143. The van der Waals surface area contributed by atoms with Crippen LogP contribution in [0.2, 0.25) is 0 Å². The molecule has 4 heteroatoms. The van der Waals surface area contributed by atoms with Crippen LogP contribution in [0.3, 0.4) is 0 Å². The molecule has 0 saturated carbocycles. The topological polar surface area (TPSA) is 49.8 Å². The van der Waals surface area contributed by atoms with Gasteiger partial charge in [0.05, 0.1) is 7.11 Å². The highest BCUT2D eigenvalue weighted by molar-refractivity contribution is 5.75. The Morgan fingerprint density at radius 2 is 1.74 bits per heavy atom. The normalized spacial score (nSPS) is 12.4. The van der Waals surface area contributed by atoms with Crippen molar-refractivity contribution in [2.24, 2.45) is 0 Å². The molecular formula is C15H23NO3. The Bertz CT molecular complexity index is 383. The van der Waals surface area contributed by atoms with E-state index in [1.807, 2.05) is 17.0 Å². The van der Waals surface area contributed by atoms with Gasteiger partial charge in [0, 0.05) is 0 Å². The molecule has 0 spiro atoms. The van der Waals surface area contributed by atoms with Crippen molar-refractivity contribution in [3.05, 3.63) is 29.8 Å². The van der Waals surface area contributed by atoms with Gasteiger partial charge in [-0.2, -0.15) is 0 Å². The second kappa shape index (κ2) is 7.79. The largest absolute Gasteiger partial charge is 0.497 e. The van der Waals surface area contributed by atoms with Crippen LogP contribution in [0.1, 0.15) is 38.3 Å². The van der Waals surface area contributed by atoms with Crippen molar-refractivity contribution in [2.75, 3.05) is 20.2 Å². The molecule has 0 aliphatic heterocycles. The van der Waals surface area contributed by atoms with E-state index in [2.05, 4.69) is 13.8 Å². The molecule has 0 bridgehead atoms. The predicted octanol–water partition coefficient (Wildman–Crippen LogP) is 2.94. The van der Waals surface area contributed by atoms with Crippen LogP contribution in [0.5, 0.6) is 5.75 Å². The molecule has 0 amide bonds. The minimum Gasteiger partial charge on any atom is -0.497 e. The van der Waals surface area contributed by atoms with Crippen LogP contribution >= 0.6 is 0 Å². The smallest absolute Gasteiger partial charge is 0.325 e. The Kier molecular flexibility index (Phi) is 6.36. The van der Waals surface area contributed by atoms with E-state index in [9.17, 15) is 9.90 Å². The summed E-state index contributed by atoms with van der Waals surface area (Å²) < 4.78 is 5.10. The third-order valence-corrected chi connectivity index (χ3v) is 3.05. The Balaban J connectivity index is 2.99. The number of aliphatic carboxylic acids is 1. The number of hydrogen-bond acceptors (Lipinski definition) is 3. The standard InChI is InChI=1S/C15H23NO3/c1-4-10-16(11-5-2)14(15(17)18)12-6-8-13(19-3)9-7-12/h6-9,14H,4-5,10-11H2,1-3H3,(H,17,18). The van der Waals surface area contributed by atoms with Gasteiger partial charge in [0.15, 0.2) is 0 Å². The lowest BCUT2D eigenvalue weighted by Gasteiger charge is -2.28. The Morgan fingerprint density at radius 3 is 2.11 bits per heavy atom. The maximum atomic E-state index is 11.6. The summed E-state index contributed by atoms with van der Waals surface area (Å²) in [6.45, 7) is 5.71. The molecular weight excluding hydrogens is 242 g/mol. The summed E-state index contributed by atoms with van der Waals surface area (Å²) >= 11 is 0. The monoisotopic (exact) mass is 265 g/mol. The van der Waals surface area contributed by atoms with Crippen LogP contribution in [-0.4, -0.2) is 36.2 Å². The molecule has 0 aromatic heterocycles. The van der Waals surface area contributed by atoms with Gasteiger partial charge in [-0.1, -0.05) is 26.0 Å². The average Bonchev–Trinajstić information content (AvgIpc) is 2.40. The van der Waals surface area contributed by atoms with E-state index in [-0.39, 0.29) is 0 Å². The fourth-order valence-electron chi connectivity index (χ4n) is 2.24. The Morgan fingerprint density at radius 1 is 1.21 bits per heavy atom. The number of carboxylic acid groups (broad SMARTS) is 1. The Hall–Kier alpha value is -1.55. The molecule has 0 saturated heterocycles. The van der Waals surface area contributed by atoms with E-state index in [0.29, 0.717) is 0 Å². The summed E-state index contributed by atoms with van der Waals surface area (Å²) in [5.74, 6) is -0.0579. The van der Waals surface area contributed by atoms with E-state index in [4.69, 9.17) is 4.74 Å². The minimum absolute atomic E-state index is 0.578. The molecule has 106 valence electrons. The number of benzene rings is 1. The summed E-state index contributed by atoms with van der Waals surface area (Å²) in [5, 5.41) is 9.50. The van der Waals surface area contributed by atoms with Crippen LogP contribution in [0, 0.1) is 0 Å². The van der Waals surface area contributed by atoms with Gasteiger partial charge < -0.3 is 9.84 Å². The minimum atomic E-state index is -0.799. The number of hydrogen-bond donors (Lipinski definition) is 1. The van der Waals surface area contributed by atoms with Gasteiger partial charge in [0.25, 0.3) is 0 Å². The van der Waals surface area contributed by atoms with E-state index in [0.717, 1.165) is 37.2 Å². The number of methoxy groups -OCH3 is 1. The highest BCUT2D eigenvalue weighted by Crippen LogP contribution is 2.24.